The van der Waals surface area contributed by atoms with E-state index in [2.05, 4.69) is 4.98 Å². The topological polar surface area (TPSA) is 58.9 Å². The van der Waals surface area contributed by atoms with Gasteiger partial charge >= 0.3 is 6.18 Å². The minimum Gasteiger partial charge on any atom is -0.326 e. The lowest BCUT2D eigenvalue weighted by molar-refractivity contribution is -0.136. The third-order valence-corrected chi connectivity index (χ3v) is 3.64. The van der Waals surface area contributed by atoms with Gasteiger partial charge in [0.2, 0.25) is 5.56 Å². The molecule has 3 aromatic rings. The normalized spacial score (nSPS) is 11.8. The highest BCUT2D eigenvalue weighted by Gasteiger charge is 2.33. The average molecular weight is 318 g/mol. The summed E-state index contributed by atoms with van der Waals surface area (Å²) in [4.78, 5) is 13.8. The molecule has 0 amide bonds. The number of nitrogens with one attached hydrogen (secondary N) is 1. The predicted molar refractivity (Wildman–Crippen MR) is 82.9 cm³/mol. The Hall–Kier alpha value is -2.60. The number of nitrogens with two attached hydrogens (primary N) is 1. The van der Waals surface area contributed by atoms with E-state index in [1.54, 1.807) is 18.2 Å². The molecule has 0 aliphatic rings. The molecule has 3 nitrogen and oxygen atoms in total. The quantitative estimate of drug-likeness (QED) is 0.757. The average Bonchev–Trinajstić information content (AvgIpc) is 2.53. The number of pyridine rings is 1. The molecular formula is C17H13F3N2O. The maximum absolute atomic E-state index is 13.2. The number of H-pyrrole nitrogens is 1. The molecule has 0 atom stereocenters. The highest BCUT2D eigenvalue weighted by atomic mass is 19.4. The van der Waals surface area contributed by atoms with Gasteiger partial charge in [0.1, 0.15) is 0 Å². The monoisotopic (exact) mass is 318 g/mol. The van der Waals surface area contributed by atoms with Gasteiger partial charge in [-0.15, -0.1) is 0 Å². The van der Waals surface area contributed by atoms with Crippen LogP contribution in [0.1, 0.15) is 11.1 Å². The summed E-state index contributed by atoms with van der Waals surface area (Å²) < 4.78 is 39.5. The molecule has 0 aliphatic heterocycles. The van der Waals surface area contributed by atoms with E-state index < -0.39 is 17.3 Å². The minimum absolute atomic E-state index is 0.0345. The number of alkyl halides is 3. The van der Waals surface area contributed by atoms with Crippen LogP contribution >= 0.6 is 0 Å². The number of aromatic amines is 1. The molecule has 0 saturated carbocycles. The summed E-state index contributed by atoms with van der Waals surface area (Å²) in [6.07, 6.45) is -4.59. The number of halogens is 3. The summed E-state index contributed by atoms with van der Waals surface area (Å²) in [6, 6.07) is 12.5. The van der Waals surface area contributed by atoms with Gasteiger partial charge in [0.05, 0.1) is 5.56 Å². The van der Waals surface area contributed by atoms with Crippen molar-refractivity contribution in [2.24, 2.45) is 5.73 Å². The van der Waals surface area contributed by atoms with Crippen molar-refractivity contribution < 1.29 is 13.2 Å². The van der Waals surface area contributed by atoms with Gasteiger partial charge in [-0.3, -0.25) is 4.79 Å². The third-order valence-electron chi connectivity index (χ3n) is 3.64. The van der Waals surface area contributed by atoms with E-state index in [9.17, 15) is 18.0 Å². The van der Waals surface area contributed by atoms with E-state index in [0.717, 1.165) is 11.1 Å². The van der Waals surface area contributed by atoms with Gasteiger partial charge in [0.15, 0.2) is 0 Å². The number of hydrogen-bond acceptors (Lipinski definition) is 2. The van der Waals surface area contributed by atoms with Crippen molar-refractivity contribution in [2.45, 2.75) is 12.7 Å². The van der Waals surface area contributed by atoms with E-state index in [0.29, 0.717) is 18.2 Å². The standard InChI is InChI=1S/C17H13F3N2O/c18-17(19,20)14-8-16(23)22-15-5-4-12(7-13(14)15)11-3-1-2-10(6-11)9-21/h1-8H,9,21H2,(H,22,23). The number of aromatic nitrogens is 1. The van der Waals surface area contributed by atoms with Crippen LogP contribution in [0.25, 0.3) is 22.0 Å². The van der Waals surface area contributed by atoms with Gasteiger partial charge in [0, 0.05) is 23.5 Å². The van der Waals surface area contributed by atoms with Crippen molar-refractivity contribution in [3.63, 3.8) is 0 Å². The zero-order valence-corrected chi connectivity index (χ0v) is 11.9. The first-order valence-electron chi connectivity index (χ1n) is 6.92. The molecule has 0 bridgehead atoms. The molecule has 0 saturated heterocycles. The Morgan fingerprint density at radius 2 is 1.74 bits per heavy atom. The minimum atomic E-state index is -4.59. The lowest BCUT2D eigenvalue weighted by Crippen LogP contribution is -2.13. The smallest absolute Gasteiger partial charge is 0.326 e. The predicted octanol–water partition coefficient (Wildman–Crippen LogP) is 3.67. The van der Waals surface area contributed by atoms with Gasteiger partial charge in [-0.05, 0) is 34.9 Å². The van der Waals surface area contributed by atoms with Crippen molar-refractivity contribution in [2.75, 3.05) is 0 Å². The van der Waals surface area contributed by atoms with Crippen LogP contribution in [-0.2, 0) is 12.7 Å². The van der Waals surface area contributed by atoms with Gasteiger partial charge in [-0.1, -0.05) is 24.3 Å². The van der Waals surface area contributed by atoms with E-state index in [1.165, 1.54) is 12.1 Å². The zero-order chi connectivity index (χ0) is 16.6. The third kappa shape index (κ3) is 2.98. The van der Waals surface area contributed by atoms with Crippen LogP contribution in [0.4, 0.5) is 13.2 Å². The maximum Gasteiger partial charge on any atom is 0.417 e. The van der Waals surface area contributed by atoms with Crippen LogP contribution in [0.15, 0.2) is 53.3 Å². The molecule has 1 heterocycles. The van der Waals surface area contributed by atoms with Crippen molar-refractivity contribution in [3.05, 3.63) is 70.0 Å². The van der Waals surface area contributed by atoms with Crippen molar-refractivity contribution in [1.82, 2.24) is 4.98 Å². The largest absolute Gasteiger partial charge is 0.417 e. The molecule has 0 aliphatic carbocycles. The number of benzene rings is 2. The number of rotatable bonds is 2. The SMILES string of the molecule is NCc1cccc(-c2ccc3[nH]c(=O)cc(C(F)(F)F)c3c2)c1. The summed E-state index contributed by atoms with van der Waals surface area (Å²) >= 11 is 0. The Morgan fingerprint density at radius 1 is 1.00 bits per heavy atom. The summed E-state index contributed by atoms with van der Waals surface area (Å²) in [7, 11) is 0. The van der Waals surface area contributed by atoms with Crippen molar-refractivity contribution >= 4 is 10.9 Å². The fraction of sp³-hybridized carbons (Fsp3) is 0.118. The van der Waals surface area contributed by atoms with E-state index in [1.807, 2.05) is 12.1 Å². The Balaban J connectivity index is 2.25. The summed E-state index contributed by atoms with van der Waals surface area (Å²) in [5, 5.41) is -0.0345. The Labute approximate surface area is 129 Å². The summed E-state index contributed by atoms with van der Waals surface area (Å²) in [6.45, 7) is 0.350. The van der Waals surface area contributed by atoms with Crippen molar-refractivity contribution in [3.8, 4) is 11.1 Å². The Morgan fingerprint density at radius 3 is 2.43 bits per heavy atom. The fourth-order valence-corrected chi connectivity index (χ4v) is 2.55. The molecule has 2 aromatic carbocycles. The number of hydrogen-bond donors (Lipinski definition) is 2. The first-order chi connectivity index (χ1) is 10.9. The second-order valence-corrected chi connectivity index (χ2v) is 5.21. The fourth-order valence-electron chi connectivity index (χ4n) is 2.55. The number of fused-ring (bicyclic) bond motifs is 1. The van der Waals surface area contributed by atoms with E-state index >= 15 is 0 Å². The Kier molecular flexibility index (Phi) is 3.69. The molecule has 1 aromatic heterocycles. The van der Waals surface area contributed by atoms with Crippen molar-refractivity contribution in [1.29, 1.82) is 0 Å². The van der Waals surface area contributed by atoms with Gasteiger partial charge in [0.25, 0.3) is 0 Å². The zero-order valence-electron chi connectivity index (χ0n) is 11.9. The second kappa shape index (κ2) is 5.55. The highest BCUT2D eigenvalue weighted by Crippen LogP contribution is 2.35. The molecule has 0 radical (unpaired) electrons. The summed E-state index contributed by atoms with van der Waals surface area (Å²) in [5.41, 5.74) is 6.33. The molecular weight excluding hydrogens is 305 g/mol. The van der Waals surface area contributed by atoms with Crippen LogP contribution in [-0.4, -0.2) is 4.98 Å². The van der Waals surface area contributed by atoms with Crippen LogP contribution in [0.3, 0.4) is 0 Å². The van der Waals surface area contributed by atoms with Crippen LogP contribution in [0.5, 0.6) is 0 Å². The molecule has 118 valence electrons. The molecule has 0 fully saturated rings. The second-order valence-electron chi connectivity index (χ2n) is 5.21. The first kappa shape index (κ1) is 15.3. The van der Waals surface area contributed by atoms with Crippen LogP contribution < -0.4 is 11.3 Å². The summed E-state index contributed by atoms with van der Waals surface area (Å²) in [5.74, 6) is 0. The maximum atomic E-state index is 13.2. The van der Waals surface area contributed by atoms with E-state index in [4.69, 9.17) is 5.73 Å². The first-order valence-corrected chi connectivity index (χ1v) is 6.92. The van der Waals surface area contributed by atoms with Gasteiger partial charge in [-0.2, -0.15) is 13.2 Å². The molecule has 3 N–H and O–H groups in total. The molecule has 6 heteroatoms. The highest BCUT2D eigenvalue weighted by molar-refractivity contribution is 5.87. The molecule has 0 spiro atoms. The van der Waals surface area contributed by atoms with E-state index in [-0.39, 0.29) is 10.9 Å². The lowest BCUT2D eigenvalue weighted by atomic mass is 9.99. The lowest BCUT2D eigenvalue weighted by Gasteiger charge is -2.11. The van der Waals surface area contributed by atoms with Crippen LogP contribution in [0, 0.1) is 0 Å². The molecule has 3 rings (SSSR count). The van der Waals surface area contributed by atoms with Gasteiger partial charge < -0.3 is 10.7 Å². The molecule has 23 heavy (non-hydrogen) atoms. The Bertz CT molecular complexity index is 929. The van der Waals surface area contributed by atoms with Crippen LogP contribution in [0.2, 0.25) is 0 Å². The van der Waals surface area contributed by atoms with Gasteiger partial charge in [-0.25, -0.2) is 0 Å². The molecule has 0 unspecified atom stereocenters.